The summed E-state index contributed by atoms with van der Waals surface area (Å²) >= 11 is 0. The maximum Gasteiger partial charge on any atom is 0.416 e. The highest BCUT2D eigenvalue weighted by Crippen LogP contribution is 2.39. The fraction of sp³-hybridized carbons (Fsp3) is 0.533. The van der Waals surface area contributed by atoms with Gasteiger partial charge in [0.05, 0.1) is 30.4 Å². The van der Waals surface area contributed by atoms with Gasteiger partial charge in [0.25, 0.3) is 5.91 Å². The van der Waals surface area contributed by atoms with Crippen LogP contribution in [0, 0.1) is 0 Å². The number of carbonyl (C=O) groups is 1. The molecule has 1 aromatic carbocycles. The predicted octanol–water partition coefficient (Wildman–Crippen LogP) is 2.42. The van der Waals surface area contributed by atoms with E-state index in [1.54, 1.807) is 0 Å². The first kappa shape index (κ1) is 15.3. The lowest BCUT2D eigenvalue weighted by molar-refractivity contribution is -0.138. The van der Waals surface area contributed by atoms with Gasteiger partial charge in [-0.05, 0) is 31.4 Å². The van der Waals surface area contributed by atoms with E-state index in [4.69, 9.17) is 4.74 Å². The molecule has 1 unspecified atom stereocenters. The number of alkyl halides is 3. The number of halogens is 3. The van der Waals surface area contributed by atoms with Crippen LogP contribution in [0.3, 0.4) is 0 Å². The van der Waals surface area contributed by atoms with Crippen molar-refractivity contribution < 1.29 is 27.8 Å². The average Bonchev–Trinajstić information content (AvgIpc) is 3.00. The summed E-state index contributed by atoms with van der Waals surface area (Å²) in [6, 6.07) is 2.74. The molecule has 0 spiro atoms. The first-order chi connectivity index (χ1) is 10.4. The number of nitrogens with one attached hydrogen (secondary N) is 1. The molecule has 2 aliphatic rings. The van der Waals surface area contributed by atoms with Crippen molar-refractivity contribution in [1.82, 2.24) is 5.32 Å². The van der Waals surface area contributed by atoms with Gasteiger partial charge in [-0.25, -0.2) is 0 Å². The smallest absolute Gasteiger partial charge is 0.390 e. The van der Waals surface area contributed by atoms with Crippen LogP contribution in [-0.4, -0.2) is 29.8 Å². The second-order valence-corrected chi connectivity index (χ2v) is 5.66. The molecular weight excluding hydrogens is 299 g/mol. The molecule has 1 heterocycles. The summed E-state index contributed by atoms with van der Waals surface area (Å²) in [4.78, 5) is 11.8. The van der Waals surface area contributed by atoms with E-state index in [0.717, 1.165) is 12.5 Å². The molecule has 0 saturated heterocycles. The molecule has 1 fully saturated rings. The van der Waals surface area contributed by atoms with Gasteiger partial charge in [0, 0.05) is 11.1 Å². The number of hydrogen-bond acceptors (Lipinski definition) is 3. The molecule has 0 bridgehead atoms. The highest BCUT2D eigenvalue weighted by Gasteiger charge is 2.41. The van der Waals surface area contributed by atoms with Crippen molar-refractivity contribution in [3.8, 4) is 0 Å². The zero-order valence-corrected chi connectivity index (χ0v) is 11.7. The SMILES string of the molecule is O=C1NC(CO[C@H]2CCC[C@H]2O)c2c1cccc2C(F)(F)F. The molecule has 4 nitrogen and oxygen atoms in total. The quantitative estimate of drug-likeness (QED) is 0.900. The number of hydrogen-bond donors (Lipinski definition) is 2. The number of carbonyl (C=O) groups excluding carboxylic acids is 1. The molecule has 0 aromatic heterocycles. The summed E-state index contributed by atoms with van der Waals surface area (Å²) in [6.07, 6.45) is -3.36. The van der Waals surface area contributed by atoms with Crippen LogP contribution in [0.5, 0.6) is 0 Å². The van der Waals surface area contributed by atoms with Crippen LogP contribution in [0.15, 0.2) is 18.2 Å². The molecule has 0 radical (unpaired) electrons. The largest absolute Gasteiger partial charge is 0.416 e. The molecule has 1 aliphatic heterocycles. The third-order valence-corrected chi connectivity index (χ3v) is 4.20. The minimum atomic E-state index is -4.53. The van der Waals surface area contributed by atoms with E-state index in [0.29, 0.717) is 12.8 Å². The van der Waals surface area contributed by atoms with Crippen molar-refractivity contribution >= 4 is 5.91 Å². The fourth-order valence-corrected chi connectivity index (χ4v) is 3.14. The van der Waals surface area contributed by atoms with Gasteiger partial charge < -0.3 is 15.2 Å². The van der Waals surface area contributed by atoms with Gasteiger partial charge in [-0.1, -0.05) is 6.07 Å². The minimum absolute atomic E-state index is 0.0374. The van der Waals surface area contributed by atoms with Crippen molar-refractivity contribution in [3.63, 3.8) is 0 Å². The van der Waals surface area contributed by atoms with Crippen molar-refractivity contribution in [2.24, 2.45) is 0 Å². The Morgan fingerprint density at radius 1 is 1.32 bits per heavy atom. The molecular formula is C15H16F3NO3. The van der Waals surface area contributed by atoms with Crippen molar-refractivity contribution in [2.45, 2.75) is 43.7 Å². The third kappa shape index (κ3) is 2.70. The van der Waals surface area contributed by atoms with E-state index < -0.39 is 29.8 Å². The Hall–Kier alpha value is -1.60. The minimum Gasteiger partial charge on any atom is -0.390 e. The summed E-state index contributed by atoms with van der Waals surface area (Å²) < 4.78 is 44.9. The first-order valence-electron chi connectivity index (χ1n) is 7.18. The highest BCUT2D eigenvalue weighted by molar-refractivity contribution is 5.99. The third-order valence-electron chi connectivity index (χ3n) is 4.20. The second-order valence-electron chi connectivity index (χ2n) is 5.66. The van der Waals surface area contributed by atoms with E-state index in [2.05, 4.69) is 5.32 Å². The van der Waals surface area contributed by atoms with Gasteiger partial charge in [-0.2, -0.15) is 13.2 Å². The standard InChI is InChI=1S/C15H16F3NO3/c16-15(17,18)9-4-1-3-8-13(9)10(19-14(8)21)7-22-12-6-2-5-11(12)20/h1,3-4,10-12,20H,2,5-7H2,(H,19,21)/t10?,11-,12+/m1/s1. The van der Waals surface area contributed by atoms with Crippen LogP contribution in [0.1, 0.15) is 46.8 Å². The summed E-state index contributed by atoms with van der Waals surface area (Å²) in [5.74, 6) is -0.526. The van der Waals surface area contributed by atoms with E-state index in [1.165, 1.54) is 12.1 Å². The number of fused-ring (bicyclic) bond motifs is 1. The molecule has 7 heteroatoms. The van der Waals surface area contributed by atoms with Gasteiger partial charge in [0.1, 0.15) is 0 Å². The molecule has 1 amide bonds. The monoisotopic (exact) mass is 315 g/mol. The Morgan fingerprint density at radius 3 is 2.73 bits per heavy atom. The topological polar surface area (TPSA) is 58.6 Å². The van der Waals surface area contributed by atoms with Crippen molar-refractivity contribution in [3.05, 3.63) is 34.9 Å². The molecule has 2 N–H and O–H groups in total. The van der Waals surface area contributed by atoms with E-state index in [9.17, 15) is 23.1 Å². The predicted molar refractivity (Wildman–Crippen MR) is 71.2 cm³/mol. The van der Waals surface area contributed by atoms with Crippen molar-refractivity contribution in [2.75, 3.05) is 6.61 Å². The molecule has 120 valence electrons. The van der Waals surface area contributed by atoms with Crippen LogP contribution in [0.4, 0.5) is 13.2 Å². The van der Waals surface area contributed by atoms with Crippen LogP contribution in [0.2, 0.25) is 0 Å². The molecule has 3 atom stereocenters. The van der Waals surface area contributed by atoms with Crippen LogP contribution >= 0.6 is 0 Å². The molecule has 3 rings (SSSR count). The molecule has 22 heavy (non-hydrogen) atoms. The van der Waals surface area contributed by atoms with E-state index >= 15 is 0 Å². The number of rotatable bonds is 3. The van der Waals surface area contributed by atoms with Crippen LogP contribution in [-0.2, 0) is 10.9 Å². The highest BCUT2D eigenvalue weighted by atomic mass is 19.4. The molecule has 1 saturated carbocycles. The Labute approximate surface area is 125 Å². The Morgan fingerprint density at radius 2 is 2.09 bits per heavy atom. The maximum atomic E-state index is 13.1. The zero-order chi connectivity index (χ0) is 15.9. The lowest BCUT2D eigenvalue weighted by Crippen LogP contribution is -2.29. The van der Waals surface area contributed by atoms with Crippen LogP contribution < -0.4 is 5.32 Å². The first-order valence-corrected chi connectivity index (χ1v) is 7.18. The number of amides is 1. The second kappa shape index (κ2) is 5.55. The Kier molecular flexibility index (Phi) is 3.86. The van der Waals surface area contributed by atoms with Gasteiger partial charge in [-0.3, -0.25) is 4.79 Å². The van der Waals surface area contributed by atoms with E-state index in [1.807, 2.05) is 0 Å². The lowest BCUT2D eigenvalue weighted by atomic mass is 9.98. The lowest BCUT2D eigenvalue weighted by Gasteiger charge is -2.21. The van der Waals surface area contributed by atoms with Gasteiger partial charge in [0.2, 0.25) is 0 Å². The summed E-state index contributed by atoms with van der Waals surface area (Å²) in [5, 5.41) is 12.2. The zero-order valence-electron chi connectivity index (χ0n) is 11.7. The molecule has 1 aliphatic carbocycles. The normalized spacial score (nSPS) is 27.8. The van der Waals surface area contributed by atoms with Crippen molar-refractivity contribution in [1.29, 1.82) is 0 Å². The van der Waals surface area contributed by atoms with Gasteiger partial charge in [0.15, 0.2) is 0 Å². The number of benzene rings is 1. The number of aliphatic hydroxyl groups is 1. The summed E-state index contributed by atoms with van der Waals surface area (Å²) in [5.41, 5.74) is -0.841. The Bertz CT molecular complexity index is 588. The summed E-state index contributed by atoms with van der Waals surface area (Å²) in [7, 11) is 0. The van der Waals surface area contributed by atoms with E-state index in [-0.39, 0.29) is 23.8 Å². The van der Waals surface area contributed by atoms with Gasteiger partial charge in [-0.15, -0.1) is 0 Å². The number of aliphatic hydroxyl groups excluding tert-OH is 1. The Balaban J connectivity index is 1.83. The van der Waals surface area contributed by atoms with Gasteiger partial charge >= 0.3 is 6.18 Å². The summed E-state index contributed by atoms with van der Waals surface area (Å²) in [6.45, 7) is -0.0758. The van der Waals surface area contributed by atoms with Crippen LogP contribution in [0.25, 0.3) is 0 Å². The number of ether oxygens (including phenoxy) is 1. The maximum absolute atomic E-state index is 13.1. The average molecular weight is 315 g/mol. The molecule has 1 aromatic rings. The fourth-order valence-electron chi connectivity index (χ4n) is 3.14.